The van der Waals surface area contributed by atoms with E-state index in [-0.39, 0.29) is 29.0 Å². The highest BCUT2D eigenvalue weighted by Gasteiger charge is 2.31. The Morgan fingerprint density at radius 1 is 0.974 bits per heavy atom. The van der Waals surface area contributed by atoms with Gasteiger partial charge in [-0.2, -0.15) is 0 Å². The normalized spacial score (nSPS) is 15.9. The molecule has 9 heteroatoms. The quantitative estimate of drug-likeness (QED) is 0.281. The molecule has 7 nitrogen and oxygen atoms in total. The molecule has 2 amide bonds. The van der Waals surface area contributed by atoms with E-state index in [1.165, 1.54) is 17.3 Å². The highest BCUT2D eigenvalue weighted by atomic mass is 32.2. The van der Waals surface area contributed by atoms with Gasteiger partial charge in [-0.15, -0.1) is 21.5 Å². The second kappa shape index (κ2) is 11.4. The molecule has 0 N–H and O–H groups in total. The molecule has 1 aliphatic rings. The number of carbonyl (C=O) groups excluding carboxylic acids is 2. The number of thioether (sulfide) groups is 1. The van der Waals surface area contributed by atoms with E-state index in [2.05, 4.69) is 31.0 Å². The molecule has 1 unspecified atom stereocenters. The smallest absolute Gasteiger partial charge is 0.254 e. The van der Waals surface area contributed by atoms with Crippen LogP contribution in [-0.4, -0.2) is 67.8 Å². The lowest BCUT2D eigenvalue weighted by Gasteiger charge is -2.40. The van der Waals surface area contributed by atoms with Crippen LogP contribution in [0.2, 0.25) is 0 Å². The van der Waals surface area contributed by atoms with E-state index >= 15 is 0 Å². The molecule has 0 bridgehead atoms. The lowest BCUT2D eigenvalue weighted by Crippen LogP contribution is -2.55. The third-order valence-corrected chi connectivity index (χ3v) is 8.73. The van der Waals surface area contributed by atoms with Gasteiger partial charge in [-0.3, -0.25) is 14.2 Å². The van der Waals surface area contributed by atoms with Crippen molar-refractivity contribution in [2.45, 2.75) is 44.3 Å². The van der Waals surface area contributed by atoms with Crippen molar-refractivity contribution in [3.8, 4) is 16.4 Å². The second-order valence-corrected chi connectivity index (χ2v) is 12.6. The Bertz CT molecular complexity index is 1430. The van der Waals surface area contributed by atoms with Crippen molar-refractivity contribution in [3.05, 3.63) is 83.2 Å². The fraction of sp³-hybridized carbons (Fsp3) is 0.333. The van der Waals surface area contributed by atoms with Gasteiger partial charge in [0.15, 0.2) is 11.0 Å². The maximum Gasteiger partial charge on any atom is 0.254 e. The number of piperazine rings is 1. The third-order valence-electron chi connectivity index (χ3n) is 6.95. The molecule has 1 aliphatic heterocycles. The van der Waals surface area contributed by atoms with Gasteiger partial charge in [0.25, 0.3) is 5.91 Å². The zero-order chi connectivity index (χ0) is 27.6. The van der Waals surface area contributed by atoms with Crippen LogP contribution in [0.25, 0.3) is 16.4 Å². The molecule has 202 valence electrons. The molecule has 39 heavy (non-hydrogen) atoms. The minimum absolute atomic E-state index is 0.0153. The predicted molar refractivity (Wildman–Crippen MR) is 158 cm³/mol. The Balaban J connectivity index is 1.23. The first-order chi connectivity index (χ1) is 18.7. The lowest BCUT2D eigenvalue weighted by atomic mass is 9.86. The number of carbonyl (C=O) groups is 2. The van der Waals surface area contributed by atoms with Gasteiger partial charge in [-0.1, -0.05) is 68.9 Å². The highest BCUT2D eigenvalue weighted by molar-refractivity contribution is 7.99. The highest BCUT2D eigenvalue weighted by Crippen LogP contribution is 2.31. The van der Waals surface area contributed by atoms with Gasteiger partial charge in [0.2, 0.25) is 5.91 Å². The maximum absolute atomic E-state index is 13.2. The summed E-state index contributed by atoms with van der Waals surface area (Å²) in [6.07, 6.45) is 0. The molecule has 1 atom stereocenters. The first-order valence-electron chi connectivity index (χ1n) is 13.1. The molecule has 1 saturated heterocycles. The van der Waals surface area contributed by atoms with Crippen molar-refractivity contribution >= 4 is 34.9 Å². The SMILES string of the molecule is CC1CN(C(=O)CSc2nnc(-c3cccs3)n2-c2ccccc2)CCN1C(=O)c1ccc(C(C)(C)C)cc1. The summed E-state index contributed by atoms with van der Waals surface area (Å²) < 4.78 is 2.01. The number of para-hydroxylation sites is 1. The van der Waals surface area contributed by atoms with Crippen molar-refractivity contribution in [3.63, 3.8) is 0 Å². The van der Waals surface area contributed by atoms with Crippen molar-refractivity contribution in [1.29, 1.82) is 0 Å². The van der Waals surface area contributed by atoms with Crippen molar-refractivity contribution in [1.82, 2.24) is 24.6 Å². The van der Waals surface area contributed by atoms with E-state index < -0.39 is 0 Å². The number of aromatic nitrogens is 3. The Hall–Kier alpha value is -3.43. The van der Waals surface area contributed by atoms with Crippen molar-refractivity contribution < 1.29 is 9.59 Å². The van der Waals surface area contributed by atoms with Crippen LogP contribution in [0.4, 0.5) is 0 Å². The molecular weight excluding hydrogens is 526 g/mol. The van der Waals surface area contributed by atoms with Crippen LogP contribution in [0, 0.1) is 0 Å². The van der Waals surface area contributed by atoms with Crippen LogP contribution in [0.15, 0.2) is 77.3 Å². The summed E-state index contributed by atoms with van der Waals surface area (Å²) in [5.74, 6) is 1.07. The van der Waals surface area contributed by atoms with Gasteiger partial charge in [-0.05, 0) is 53.6 Å². The van der Waals surface area contributed by atoms with E-state index in [1.54, 1.807) is 11.3 Å². The minimum Gasteiger partial charge on any atom is -0.338 e. The van der Waals surface area contributed by atoms with Gasteiger partial charge in [-0.25, -0.2) is 0 Å². The van der Waals surface area contributed by atoms with E-state index in [1.807, 2.05) is 93.4 Å². The zero-order valence-electron chi connectivity index (χ0n) is 22.7. The first-order valence-corrected chi connectivity index (χ1v) is 15.0. The number of nitrogens with zero attached hydrogens (tertiary/aromatic N) is 5. The van der Waals surface area contributed by atoms with E-state index in [4.69, 9.17) is 0 Å². The summed E-state index contributed by atoms with van der Waals surface area (Å²) in [5, 5.41) is 11.6. The monoisotopic (exact) mass is 559 g/mol. The van der Waals surface area contributed by atoms with Crippen LogP contribution in [0.3, 0.4) is 0 Å². The van der Waals surface area contributed by atoms with Crippen LogP contribution >= 0.6 is 23.1 Å². The molecule has 5 rings (SSSR count). The molecule has 2 aromatic heterocycles. The average Bonchev–Trinajstić information content (AvgIpc) is 3.61. The summed E-state index contributed by atoms with van der Waals surface area (Å²) in [6.45, 7) is 10.0. The van der Waals surface area contributed by atoms with Crippen LogP contribution in [-0.2, 0) is 10.2 Å². The first kappa shape index (κ1) is 27.1. The third kappa shape index (κ3) is 5.94. The van der Waals surface area contributed by atoms with E-state index in [9.17, 15) is 9.59 Å². The molecule has 1 fully saturated rings. The molecule has 0 aliphatic carbocycles. The van der Waals surface area contributed by atoms with E-state index in [0.717, 1.165) is 16.4 Å². The lowest BCUT2D eigenvalue weighted by molar-refractivity contribution is -0.130. The van der Waals surface area contributed by atoms with E-state index in [0.29, 0.717) is 30.4 Å². The van der Waals surface area contributed by atoms with Crippen LogP contribution in [0.1, 0.15) is 43.6 Å². The van der Waals surface area contributed by atoms with Gasteiger partial charge in [0, 0.05) is 36.9 Å². The van der Waals surface area contributed by atoms with Gasteiger partial charge in [0.05, 0.1) is 10.6 Å². The largest absolute Gasteiger partial charge is 0.338 e. The van der Waals surface area contributed by atoms with Crippen molar-refractivity contribution in [2.75, 3.05) is 25.4 Å². The Kier molecular flexibility index (Phi) is 7.91. The van der Waals surface area contributed by atoms with Gasteiger partial charge < -0.3 is 9.80 Å². The molecule has 2 aromatic carbocycles. The summed E-state index contributed by atoms with van der Waals surface area (Å²) in [6, 6.07) is 21.8. The number of hydrogen-bond acceptors (Lipinski definition) is 6. The van der Waals surface area contributed by atoms with Crippen LogP contribution < -0.4 is 0 Å². The Labute approximate surface area is 237 Å². The summed E-state index contributed by atoms with van der Waals surface area (Å²) in [7, 11) is 0. The Morgan fingerprint density at radius 2 is 1.72 bits per heavy atom. The zero-order valence-corrected chi connectivity index (χ0v) is 24.3. The standard InChI is InChI=1S/C30H33N5O2S2/c1-21-19-33(16-17-34(21)28(37)22-12-14-23(15-13-22)30(2,3)4)26(36)20-39-29-32-31-27(25-11-8-18-38-25)35(29)24-9-6-5-7-10-24/h5-15,18,21H,16-17,19-20H2,1-4H3. The van der Waals surface area contributed by atoms with Crippen LogP contribution in [0.5, 0.6) is 0 Å². The predicted octanol–water partition coefficient (Wildman–Crippen LogP) is 5.76. The van der Waals surface area contributed by atoms with Gasteiger partial charge in [0.1, 0.15) is 0 Å². The number of rotatable bonds is 6. The summed E-state index contributed by atoms with van der Waals surface area (Å²) in [4.78, 5) is 31.2. The maximum atomic E-state index is 13.2. The number of thiophene rings is 1. The Morgan fingerprint density at radius 3 is 2.36 bits per heavy atom. The fourth-order valence-electron chi connectivity index (χ4n) is 4.72. The summed E-state index contributed by atoms with van der Waals surface area (Å²) >= 11 is 3.00. The topological polar surface area (TPSA) is 71.3 Å². The molecule has 4 aromatic rings. The number of amides is 2. The molecule has 3 heterocycles. The van der Waals surface area contributed by atoms with Crippen molar-refractivity contribution in [2.24, 2.45) is 0 Å². The average molecular weight is 560 g/mol. The molecule has 0 saturated carbocycles. The number of benzene rings is 2. The summed E-state index contributed by atoms with van der Waals surface area (Å²) in [5.41, 5.74) is 2.88. The molecular formula is C30H33N5O2S2. The second-order valence-electron chi connectivity index (χ2n) is 10.8. The van der Waals surface area contributed by atoms with Gasteiger partial charge >= 0.3 is 0 Å². The minimum atomic E-state index is -0.0686. The molecule has 0 radical (unpaired) electrons. The fourth-order valence-corrected chi connectivity index (χ4v) is 6.27. The number of hydrogen-bond donors (Lipinski definition) is 0. The molecule has 0 spiro atoms.